The average Bonchev–Trinajstić information content (AvgIpc) is 3.04. The molecule has 0 saturated heterocycles. The summed E-state index contributed by atoms with van der Waals surface area (Å²) < 4.78 is 11.9. The number of amides is 2. The van der Waals surface area contributed by atoms with E-state index in [-0.39, 0.29) is 18.1 Å². The molecule has 0 bridgehead atoms. The molecule has 2 aromatic carbocycles. The number of ether oxygens (including phenoxy) is 2. The Morgan fingerprint density at radius 1 is 1.07 bits per heavy atom. The Morgan fingerprint density at radius 3 is 2.55 bits per heavy atom. The largest absolute Gasteiger partial charge is 0.444 e. The molecule has 2 heterocycles. The van der Waals surface area contributed by atoms with Crippen LogP contribution in [0.5, 0.6) is 0 Å². The van der Waals surface area contributed by atoms with Gasteiger partial charge in [-0.15, -0.1) is 0 Å². The van der Waals surface area contributed by atoms with Gasteiger partial charge < -0.3 is 24.2 Å². The number of carbonyl (C=O) groups is 2. The molecule has 0 aliphatic carbocycles. The lowest BCUT2D eigenvalue weighted by Gasteiger charge is -2.26. The zero-order valence-corrected chi connectivity index (χ0v) is 24.4. The number of aryl methyl sites for hydroxylation is 1. The van der Waals surface area contributed by atoms with Gasteiger partial charge in [0.2, 0.25) is 0 Å². The van der Waals surface area contributed by atoms with Crippen LogP contribution in [0.4, 0.5) is 16.2 Å². The quantitative estimate of drug-likeness (QED) is 0.346. The van der Waals surface area contributed by atoms with Crippen LogP contribution in [0.2, 0.25) is 0 Å². The Balaban J connectivity index is 1.47. The predicted octanol–water partition coefficient (Wildman–Crippen LogP) is 6.00. The number of hydrogen-bond donors (Lipinski definition) is 0. The molecule has 1 aliphatic rings. The first kappa shape index (κ1) is 29.1. The van der Waals surface area contributed by atoms with Crippen molar-refractivity contribution in [1.82, 2.24) is 9.88 Å². The smallest absolute Gasteiger partial charge is 0.410 e. The van der Waals surface area contributed by atoms with Gasteiger partial charge in [0.25, 0.3) is 5.91 Å². The number of hydrogen-bond acceptors (Lipinski definition) is 6. The second-order valence-electron chi connectivity index (χ2n) is 11.3. The van der Waals surface area contributed by atoms with Crippen molar-refractivity contribution in [3.8, 4) is 0 Å². The summed E-state index contributed by atoms with van der Waals surface area (Å²) >= 11 is 0. The predicted molar refractivity (Wildman–Crippen MR) is 158 cm³/mol. The lowest BCUT2D eigenvalue weighted by Crippen LogP contribution is -2.35. The van der Waals surface area contributed by atoms with Crippen LogP contribution < -0.4 is 9.80 Å². The molecule has 0 spiro atoms. The molecule has 1 unspecified atom stereocenters. The Labute approximate surface area is 237 Å². The van der Waals surface area contributed by atoms with Crippen molar-refractivity contribution in [3.63, 3.8) is 0 Å². The fraction of sp³-hybridized carbons (Fsp3) is 0.406. The zero-order chi connectivity index (χ0) is 28.9. The molecule has 2 amide bonds. The standard InChI is InChI=1S/C32H40N4O4/c1-23-19-28-27(21-33-23)30(37)36(18-17-34(28)5)26-14-10-11-24(20-26)22-39-29(25-12-8-7-9-13-25)15-16-35(6)31(38)40-32(2,3)4/h7-14,19-21,29H,15-18,22H2,1-6H3. The number of nitrogens with zero attached hydrogens (tertiary/aromatic N) is 4. The van der Waals surface area contributed by atoms with Gasteiger partial charge >= 0.3 is 6.09 Å². The van der Waals surface area contributed by atoms with Gasteiger partial charge in [-0.1, -0.05) is 42.5 Å². The van der Waals surface area contributed by atoms with Crippen molar-refractivity contribution >= 4 is 23.4 Å². The average molecular weight is 545 g/mol. The number of aromatic nitrogens is 1. The second-order valence-corrected chi connectivity index (χ2v) is 11.3. The highest BCUT2D eigenvalue weighted by atomic mass is 16.6. The van der Waals surface area contributed by atoms with E-state index in [2.05, 4.69) is 9.88 Å². The molecule has 0 saturated carbocycles. The van der Waals surface area contributed by atoms with Crippen LogP contribution in [0.1, 0.15) is 60.5 Å². The van der Waals surface area contributed by atoms with Gasteiger partial charge in [-0.25, -0.2) is 4.79 Å². The van der Waals surface area contributed by atoms with Crippen molar-refractivity contribution in [1.29, 1.82) is 0 Å². The van der Waals surface area contributed by atoms with Crippen LogP contribution >= 0.6 is 0 Å². The van der Waals surface area contributed by atoms with Crippen molar-refractivity contribution in [2.45, 2.75) is 52.4 Å². The molecule has 0 N–H and O–H groups in total. The summed E-state index contributed by atoms with van der Waals surface area (Å²) in [5, 5.41) is 0. The van der Waals surface area contributed by atoms with E-state index in [1.54, 1.807) is 18.1 Å². The maximum Gasteiger partial charge on any atom is 0.410 e. The third-order valence-electron chi connectivity index (χ3n) is 6.84. The highest BCUT2D eigenvalue weighted by Gasteiger charge is 2.27. The first-order valence-electron chi connectivity index (χ1n) is 13.7. The topological polar surface area (TPSA) is 75.2 Å². The third-order valence-corrected chi connectivity index (χ3v) is 6.84. The van der Waals surface area contributed by atoms with E-state index >= 15 is 0 Å². The number of fused-ring (bicyclic) bond motifs is 1. The molecule has 0 fully saturated rings. The van der Waals surface area contributed by atoms with Crippen LogP contribution in [0.15, 0.2) is 66.9 Å². The van der Waals surface area contributed by atoms with Crippen LogP contribution in [-0.4, -0.2) is 61.2 Å². The summed E-state index contributed by atoms with van der Waals surface area (Å²) in [5.74, 6) is -0.0581. The fourth-order valence-electron chi connectivity index (χ4n) is 4.66. The highest BCUT2D eigenvalue weighted by Crippen LogP contribution is 2.29. The minimum absolute atomic E-state index is 0.0581. The molecule has 1 aliphatic heterocycles. The van der Waals surface area contributed by atoms with E-state index in [0.717, 1.165) is 28.2 Å². The summed E-state index contributed by atoms with van der Waals surface area (Å²) in [6.07, 6.45) is 1.71. The molecule has 8 nitrogen and oxygen atoms in total. The Bertz CT molecular complexity index is 1320. The number of carbonyl (C=O) groups excluding carboxylic acids is 2. The van der Waals surface area contributed by atoms with Crippen LogP contribution in [0.3, 0.4) is 0 Å². The van der Waals surface area contributed by atoms with E-state index in [1.807, 2.05) is 100 Å². The van der Waals surface area contributed by atoms with Gasteiger partial charge in [0.15, 0.2) is 0 Å². The van der Waals surface area contributed by atoms with Gasteiger partial charge in [0.1, 0.15) is 5.60 Å². The lowest BCUT2D eigenvalue weighted by atomic mass is 10.1. The number of rotatable bonds is 8. The second kappa shape index (κ2) is 12.5. The summed E-state index contributed by atoms with van der Waals surface area (Å²) in [6, 6.07) is 19.9. The first-order valence-corrected chi connectivity index (χ1v) is 13.7. The van der Waals surface area contributed by atoms with E-state index in [4.69, 9.17) is 9.47 Å². The molecule has 1 atom stereocenters. The van der Waals surface area contributed by atoms with Crippen LogP contribution in [0.25, 0.3) is 0 Å². The molecule has 3 aromatic rings. The highest BCUT2D eigenvalue weighted by molar-refractivity contribution is 6.10. The van der Waals surface area contributed by atoms with E-state index < -0.39 is 5.60 Å². The Kier molecular flexibility index (Phi) is 9.10. The minimum atomic E-state index is -0.548. The van der Waals surface area contributed by atoms with Gasteiger partial charge in [0.05, 0.1) is 24.0 Å². The zero-order valence-electron chi connectivity index (χ0n) is 24.4. The maximum atomic E-state index is 13.5. The number of pyridine rings is 1. The third kappa shape index (κ3) is 7.39. The van der Waals surface area contributed by atoms with Crippen LogP contribution in [-0.2, 0) is 16.1 Å². The molecular weight excluding hydrogens is 504 g/mol. The van der Waals surface area contributed by atoms with Gasteiger partial charge in [0, 0.05) is 51.3 Å². The van der Waals surface area contributed by atoms with Gasteiger partial charge in [-0.05, 0) is 63.4 Å². The molecular formula is C32H40N4O4. The number of anilines is 2. The summed E-state index contributed by atoms with van der Waals surface area (Å²) in [5.41, 5.74) is 4.68. The minimum Gasteiger partial charge on any atom is -0.444 e. The number of likely N-dealkylation sites (N-methyl/N-ethyl adjacent to an activating group) is 1. The Morgan fingerprint density at radius 2 is 1.82 bits per heavy atom. The molecule has 212 valence electrons. The van der Waals surface area contributed by atoms with E-state index in [0.29, 0.717) is 38.2 Å². The fourth-order valence-corrected chi connectivity index (χ4v) is 4.66. The number of benzene rings is 2. The van der Waals surface area contributed by atoms with Crippen LogP contribution in [0, 0.1) is 6.92 Å². The molecule has 8 heteroatoms. The van der Waals surface area contributed by atoms with Crippen molar-refractivity contribution in [2.24, 2.45) is 0 Å². The summed E-state index contributed by atoms with van der Waals surface area (Å²) in [4.78, 5) is 35.9. The van der Waals surface area contributed by atoms with Gasteiger partial charge in [-0.2, -0.15) is 0 Å². The van der Waals surface area contributed by atoms with Crippen molar-refractivity contribution < 1.29 is 19.1 Å². The Hall–Kier alpha value is -3.91. The van der Waals surface area contributed by atoms with Crippen molar-refractivity contribution in [2.75, 3.05) is 43.5 Å². The molecule has 40 heavy (non-hydrogen) atoms. The normalized spacial score (nSPS) is 14.4. The molecule has 4 rings (SSSR count). The summed E-state index contributed by atoms with van der Waals surface area (Å²) in [6.45, 7) is 9.63. The monoisotopic (exact) mass is 544 g/mol. The first-order chi connectivity index (χ1) is 19.0. The van der Waals surface area contributed by atoms with E-state index in [1.165, 1.54) is 0 Å². The molecule has 0 radical (unpaired) electrons. The molecule has 1 aromatic heterocycles. The summed E-state index contributed by atoms with van der Waals surface area (Å²) in [7, 11) is 3.74. The SMILES string of the molecule is Cc1cc2c(cn1)C(=O)N(c1cccc(COC(CCN(C)C(=O)OC(C)(C)C)c3ccccc3)c1)CCN2C. The van der Waals surface area contributed by atoms with Gasteiger partial charge in [-0.3, -0.25) is 9.78 Å². The maximum absolute atomic E-state index is 13.5. The van der Waals surface area contributed by atoms with Crippen molar-refractivity contribution in [3.05, 3.63) is 89.2 Å². The lowest BCUT2D eigenvalue weighted by molar-refractivity contribution is 0.0137. The van der Waals surface area contributed by atoms with E-state index in [9.17, 15) is 9.59 Å².